The van der Waals surface area contributed by atoms with Gasteiger partial charge < -0.3 is 4.74 Å². The van der Waals surface area contributed by atoms with Crippen molar-refractivity contribution < 1.29 is 9.13 Å². The van der Waals surface area contributed by atoms with Crippen molar-refractivity contribution in [1.82, 2.24) is 24.9 Å². The number of pyridine rings is 1. The van der Waals surface area contributed by atoms with Crippen molar-refractivity contribution >= 4 is 11.2 Å². The van der Waals surface area contributed by atoms with Gasteiger partial charge in [0.05, 0.1) is 17.5 Å². The lowest BCUT2D eigenvalue weighted by atomic mass is 9.91. The lowest BCUT2D eigenvalue weighted by Crippen LogP contribution is -2.21. The summed E-state index contributed by atoms with van der Waals surface area (Å²) in [6.45, 7) is 8.25. The summed E-state index contributed by atoms with van der Waals surface area (Å²) in [6.07, 6.45) is 3.28. The number of hydrogen-bond donors (Lipinski definition) is 0. The number of aromatic nitrogens is 5. The predicted octanol–water partition coefficient (Wildman–Crippen LogP) is 5.49. The van der Waals surface area contributed by atoms with Gasteiger partial charge in [-0.1, -0.05) is 6.07 Å². The van der Waals surface area contributed by atoms with E-state index in [1.165, 1.54) is 6.07 Å². The first-order chi connectivity index (χ1) is 15.9. The minimum absolute atomic E-state index is 0.0600. The van der Waals surface area contributed by atoms with Crippen LogP contribution in [0.5, 0.6) is 0 Å². The largest absolute Gasteiger partial charge is 0.373 e. The molecule has 1 fully saturated rings. The van der Waals surface area contributed by atoms with Gasteiger partial charge in [-0.15, -0.1) is 0 Å². The highest BCUT2D eigenvalue weighted by molar-refractivity contribution is 5.87. The fourth-order valence-electron chi connectivity index (χ4n) is 4.34. The lowest BCUT2D eigenvalue weighted by Gasteiger charge is -2.29. The second kappa shape index (κ2) is 8.56. The number of benzene rings is 1. The van der Waals surface area contributed by atoms with Gasteiger partial charge in [-0.05, 0) is 75.9 Å². The monoisotopic (exact) mass is 443 g/mol. The molecule has 1 saturated heterocycles. The zero-order valence-corrected chi connectivity index (χ0v) is 19.3. The average molecular weight is 444 g/mol. The number of ether oxygens (including phenoxy) is 1. The third-order valence-electron chi connectivity index (χ3n) is 6.28. The van der Waals surface area contributed by atoms with Crippen molar-refractivity contribution in [2.75, 3.05) is 6.61 Å². The first-order valence-electron chi connectivity index (χ1n) is 11.2. The lowest BCUT2D eigenvalue weighted by molar-refractivity contribution is 0.00393. The minimum atomic E-state index is -0.321. The van der Waals surface area contributed by atoms with Gasteiger partial charge in [-0.2, -0.15) is 0 Å². The third kappa shape index (κ3) is 4.20. The number of hydrogen-bond acceptors (Lipinski definition) is 6. The topological polar surface area (TPSA) is 73.7 Å². The maximum atomic E-state index is 15.0. The van der Waals surface area contributed by atoms with E-state index in [2.05, 4.69) is 21.0 Å². The first kappa shape index (κ1) is 21.5. The molecule has 0 bridgehead atoms. The van der Waals surface area contributed by atoms with E-state index in [0.29, 0.717) is 34.9 Å². The van der Waals surface area contributed by atoms with Crippen molar-refractivity contribution in [2.24, 2.45) is 0 Å². The van der Waals surface area contributed by atoms with Crippen LogP contribution in [0, 0.1) is 33.5 Å². The van der Waals surface area contributed by atoms with Crippen LogP contribution in [0.25, 0.3) is 22.4 Å². The Bertz CT molecular complexity index is 1360. The number of nitrogens with zero attached hydrogens (tertiary/aromatic N) is 5. The molecule has 4 heterocycles. The molecule has 0 saturated carbocycles. The van der Waals surface area contributed by atoms with Crippen LogP contribution in [0.15, 0.2) is 36.5 Å². The van der Waals surface area contributed by atoms with E-state index in [-0.39, 0.29) is 17.8 Å². The van der Waals surface area contributed by atoms with Gasteiger partial charge in [0.2, 0.25) is 0 Å². The summed E-state index contributed by atoms with van der Waals surface area (Å²) < 4.78 is 21.1. The molecule has 168 valence electrons. The molecular weight excluding hydrogens is 417 g/mol. The molecule has 0 amide bonds. The van der Waals surface area contributed by atoms with Gasteiger partial charge in [0.1, 0.15) is 22.9 Å². The van der Waals surface area contributed by atoms with Gasteiger partial charge in [-0.25, -0.2) is 24.3 Å². The van der Waals surface area contributed by atoms with E-state index < -0.39 is 0 Å². The number of halogens is 1. The molecule has 0 spiro atoms. The highest BCUT2D eigenvalue weighted by atomic mass is 19.1. The number of aryl methyl sites for hydroxylation is 4. The molecule has 1 aliphatic heterocycles. The normalized spacial score (nSPS) is 18.6. The molecular formula is C26H26FN5O. The molecule has 5 rings (SSSR count). The Kier molecular flexibility index (Phi) is 5.58. The van der Waals surface area contributed by atoms with Gasteiger partial charge in [-0.3, -0.25) is 4.98 Å². The summed E-state index contributed by atoms with van der Waals surface area (Å²) >= 11 is 0. The maximum Gasteiger partial charge on any atom is 0.182 e. The van der Waals surface area contributed by atoms with Crippen molar-refractivity contribution in [3.63, 3.8) is 0 Å². The molecule has 6 nitrogen and oxygen atoms in total. The molecule has 33 heavy (non-hydrogen) atoms. The van der Waals surface area contributed by atoms with E-state index in [1.54, 1.807) is 6.07 Å². The highest BCUT2D eigenvalue weighted by Gasteiger charge is 2.29. The summed E-state index contributed by atoms with van der Waals surface area (Å²) in [7, 11) is 0. The van der Waals surface area contributed by atoms with Crippen molar-refractivity contribution in [3.05, 3.63) is 76.4 Å². The zero-order valence-electron chi connectivity index (χ0n) is 19.3. The van der Waals surface area contributed by atoms with Crippen LogP contribution in [0.3, 0.4) is 0 Å². The van der Waals surface area contributed by atoms with Crippen LogP contribution in [-0.2, 0) is 4.74 Å². The van der Waals surface area contributed by atoms with Crippen LogP contribution in [0.2, 0.25) is 0 Å². The van der Waals surface area contributed by atoms with Gasteiger partial charge >= 0.3 is 0 Å². The third-order valence-corrected chi connectivity index (χ3v) is 6.28. The van der Waals surface area contributed by atoms with E-state index in [9.17, 15) is 0 Å². The molecule has 1 aromatic carbocycles. The van der Waals surface area contributed by atoms with Crippen molar-refractivity contribution in [1.29, 1.82) is 0 Å². The van der Waals surface area contributed by atoms with E-state index in [4.69, 9.17) is 14.7 Å². The van der Waals surface area contributed by atoms with E-state index >= 15 is 4.39 Å². The minimum Gasteiger partial charge on any atom is -0.373 e. The molecule has 1 aliphatic rings. The second-order valence-corrected chi connectivity index (χ2v) is 8.79. The smallest absolute Gasteiger partial charge is 0.182 e. The first-order valence-corrected chi connectivity index (χ1v) is 11.2. The summed E-state index contributed by atoms with van der Waals surface area (Å²) in [5.74, 6) is 0.407. The highest BCUT2D eigenvalue weighted by Crippen LogP contribution is 2.38. The van der Waals surface area contributed by atoms with Crippen LogP contribution in [0.4, 0.5) is 4.39 Å². The standard InChI is InChI=1S/C26H26FN5O/c1-14-5-6-20(21(27)11-14)23-24-26(30-17(4)16(3)29-24)32-25(31-23)19-8-10-33-22(13-19)18-7-9-28-15(2)12-18/h5-7,9,11-12,19,22H,8,10,13H2,1-4H3/t19-,22+/m0/s1. The zero-order chi connectivity index (χ0) is 23.1. The Balaban J connectivity index is 1.62. The van der Waals surface area contributed by atoms with Crippen LogP contribution in [-0.4, -0.2) is 31.5 Å². The number of rotatable bonds is 3. The molecule has 0 radical (unpaired) electrons. The van der Waals surface area contributed by atoms with Crippen LogP contribution < -0.4 is 0 Å². The van der Waals surface area contributed by atoms with Crippen LogP contribution in [0.1, 0.15) is 58.9 Å². The van der Waals surface area contributed by atoms with Crippen LogP contribution >= 0.6 is 0 Å². The Morgan fingerprint density at radius 3 is 2.55 bits per heavy atom. The summed E-state index contributed by atoms with van der Waals surface area (Å²) in [5, 5.41) is 0. The predicted molar refractivity (Wildman–Crippen MR) is 124 cm³/mol. The molecule has 0 aliphatic carbocycles. The Labute approximate surface area is 192 Å². The molecule has 7 heteroatoms. The van der Waals surface area contributed by atoms with Crippen molar-refractivity contribution in [3.8, 4) is 11.3 Å². The SMILES string of the molecule is Cc1ccc(-c2nc([C@H]3CCO[C@@H](c4ccnc(C)c4)C3)nc3nc(C)c(C)nc23)c(F)c1. The van der Waals surface area contributed by atoms with Gasteiger partial charge in [0, 0.05) is 30.0 Å². The fourth-order valence-corrected chi connectivity index (χ4v) is 4.34. The van der Waals surface area contributed by atoms with E-state index in [1.807, 2.05) is 46.0 Å². The van der Waals surface area contributed by atoms with Gasteiger partial charge in [0.25, 0.3) is 0 Å². The molecule has 4 aromatic rings. The second-order valence-electron chi connectivity index (χ2n) is 8.79. The quantitative estimate of drug-likeness (QED) is 0.417. The summed E-state index contributed by atoms with van der Waals surface area (Å²) in [4.78, 5) is 23.3. The molecule has 0 N–H and O–H groups in total. The maximum absolute atomic E-state index is 15.0. The Morgan fingerprint density at radius 2 is 1.76 bits per heavy atom. The molecule has 0 unspecified atom stereocenters. The molecule has 3 aromatic heterocycles. The molecule has 2 atom stereocenters. The fraction of sp³-hybridized carbons (Fsp3) is 0.346. The summed E-state index contributed by atoms with van der Waals surface area (Å²) in [6, 6.07) is 9.22. The average Bonchev–Trinajstić information content (AvgIpc) is 2.80. The summed E-state index contributed by atoms with van der Waals surface area (Å²) in [5.41, 5.74) is 6.44. The van der Waals surface area contributed by atoms with Crippen molar-refractivity contribution in [2.45, 2.75) is 52.6 Å². The van der Waals surface area contributed by atoms with E-state index in [0.717, 1.165) is 41.1 Å². The Hall–Kier alpha value is -3.32. The number of fused-ring (bicyclic) bond motifs is 1. The Morgan fingerprint density at radius 1 is 0.939 bits per heavy atom. The van der Waals surface area contributed by atoms with Gasteiger partial charge in [0.15, 0.2) is 5.65 Å².